The first-order valence-electron chi connectivity index (χ1n) is 10.1. The molecular weight excluding hydrogens is 357 g/mol. The zero-order chi connectivity index (χ0) is 21.1. The molecule has 4 bridgehead atoms. The maximum absolute atomic E-state index is 13.4. The number of hydrogen-bond acceptors (Lipinski definition) is 1. The standard InChI is InChI=1S/C18H23BF6O/c1-7-8(2)12-5-11(7)14-9-3-10(13(4-9)15(12)14)6-16(26-19,17(20,21)22)18(23,24)25/h7-15H,3-6H2,1-2H3/i7D,8D. The molecule has 4 rings (SSSR count). The molecule has 1 nitrogen and oxygen atoms in total. The summed E-state index contributed by atoms with van der Waals surface area (Å²) in [6, 6.07) is 0. The van der Waals surface area contributed by atoms with Gasteiger partial charge in [-0.2, -0.15) is 26.3 Å². The van der Waals surface area contributed by atoms with Crippen LogP contribution in [-0.2, 0) is 4.65 Å². The van der Waals surface area contributed by atoms with E-state index in [1.807, 2.05) is 0 Å². The van der Waals surface area contributed by atoms with Crippen LogP contribution >= 0.6 is 0 Å². The van der Waals surface area contributed by atoms with Crippen LogP contribution in [0.25, 0.3) is 0 Å². The van der Waals surface area contributed by atoms with Gasteiger partial charge in [0.25, 0.3) is 8.05 Å². The Morgan fingerprint density at radius 1 is 0.885 bits per heavy atom. The third-order valence-electron chi connectivity index (χ3n) is 8.11. The Balaban J connectivity index is 1.63. The molecule has 4 aliphatic carbocycles. The van der Waals surface area contributed by atoms with E-state index in [9.17, 15) is 26.3 Å². The monoisotopic (exact) mass is 382 g/mol. The summed E-state index contributed by atoms with van der Waals surface area (Å²) >= 11 is 0. The van der Waals surface area contributed by atoms with E-state index in [0.29, 0.717) is 12.8 Å². The Bertz CT molecular complexity index is 649. The third-order valence-corrected chi connectivity index (χ3v) is 8.11. The molecule has 2 radical (unpaired) electrons. The van der Waals surface area contributed by atoms with Crippen molar-refractivity contribution in [3.05, 3.63) is 0 Å². The van der Waals surface area contributed by atoms with Crippen LogP contribution in [-0.4, -0.2) is 26.0 Å². The average molecular weight is 382 g/mol. The van der Waals surface area contributed by atoms with Crippen molar-refractivity contribution in [2.24, 2.45) is 53.2 Å². The van der Waals surface area contributed by atoms with E-state index in [4.69, 9.17) is 2.74 Å². The highest BCUT2D eigenvalue weighted by atomic mass is 19.4. The van der Waals surface area contributed by atoms with Gasteiger partial charge in [0.05, 0.1) is 0 Å². The molecule has 0 spiro atoms. The Morgan fingerprint density at radius 3 is 1.92 bits per heavy atom. The maximum atomic E-state index is 13.4. The van der Waals surface area contributed by atoms with E-state index >= 15 is 0 Å². The van der Waals surface area contributed by atoms with Gasteiger partial charge in [0.2, 0.25) is 5.60 Å². The molecule has 4 fully saturated rings. The Morgan fingerprint density at radius 2 is 1.42 bits per heavy atom. The smallest absolute Gasteiger partial charge is 0.424 e. The highest BCUT2D eigenvalue weighted by molar-refractivity contribution is 5.98. The quantitative estimate of drug-likeness (QED) is 0.373. The lowest BCUT2D eigenvalue weighted by molar-refractivity contribution is -0.363. The van der Waals surface area contributed by atoms with Gasteiger partial charge in [0, 0.05) is 2.74 Å². The number of fused-ring (bicyclic) bond motifs is 9. The number of rotatable bonds is 3. The first kappa shape index (κ1) is 16.5. The second-order valence-corrected chi connectivity index (χ2v) is 8.77. The second-order valence-electron chi connectivity index (χ2n) is 8.77. The molecule has 0 aromatic rings. The van der Waals surface area contributed by atoms with E-state index in [1.165, 1.54) is 0 Å². The molecule has 8 heteroatoms. The fourth-order valence-electron chi connectivity index (χ4n) is 7.03. The molecule has 0 amide bonds. The minimum atomic E-state index is -5.67. The van der Waals surface area contributed by atoms with Gasteiger partial charge in [-0.3, -0.25) is 0 Å². The molecule has 9 unspecified atom stereocenters. The minimum absolute atomic E-state index is 0.0123. The average Bonchev–Trinajstić information content (AvgIpc) is 3.21. The molecule has 0 aromatic carbocycles. The van der Waals surface area contributed by atoms with Gasteiger partial charge in [-0.15, -0.1) is 0 Å². The van der Waals surface area contributed by atoms with Crippen molar-refractivity contribution >= 4 is 8.05 Å². The third kappa shape index (κ3) is 2.23. The number of halogens is 6. The first-order chi connectivity index (χ1) is 12.6. The van der Waals surface area contributed by atoms with Crippen LogP contribution in [0.2, 0.25) is 0 Å². The van der Waals surface area contributed by atoms with Crippen LogP contribution in [0.15, 0.2) is 0 Å². The van der Waals surface area contributed by atoms with Crippen molar-refractivity contribution in [2.75, 3.05) is 0 Å². The Hall–Kier alpha value is -0.395. The van der Waals surface area contributed by atoms with E-state index in [1.54, 1.807) is 13.8 Å². The lowest BCUT2D eigenvalue weighted by Crippen LogP contribution is -2.60. The molecule has 0 aliphatic heterocycles. The van der Waals surface area contributed by atoms with E-state index in [-0.39, 0.29) is 41.9 Å². The lowest BCUT2D eigenvalue weighted by atomic mass is 9.61. The fraction of sp³-hybridized carbons (Fsp3) is 1.00. The molecule has 0 aromatic heterocycles. The normalized spacial score (nSPS) is 54.4. The van der Waals surface area contributed by atoms with Gasteiger partial charge in [0.1, 0.15) is 0 Å². The summed E-state index contributed by atoms with van der Waals surface area (Å²) in [6.45, 7) is 3.45. The van der Waals surface area contributed by atoms with E-state index in [2.05, 4.69) is 12.7 Å². The molecule has 0 saturated heterocycles. The van der Waals surface area contributed by atoms with Crippen molar-refractivity contribution in [1.29, 1.82) is 0 Å². The van der Waals surface area contributed by atoms with Crippen LogP contribution < -0.4 is 0 Å². The Labute approximate surface area is 153 Å². The van der Waals surface area contributed by atoms with Crippen LogP contribution in [0.4, 0.5) is 26.3 Å². The molecule has 9 atom stereocenters. The molecular formula is C18H23BF6O. The van der Waals surface area contributed by atoms with Gasteiger partial charge < -0.3 is 4.65 Å². The van der Waals surface area contributed by atoms with Crippen LogP contribution in [0, 0.1) is 53.2 Å². The Kier molecular flexibility index (Phi) is 3.55. The summed E-state index contributed by atoms with van der Waals surface area (Å²) in [5, 5.41) is 0. The minimum Gasteiger partial charge on any atom is -0.429 e. The number of hydrogen-bond donors (Lipinski definition) is 0. The summed E-state index contributed by atoms with van der Waals surface area (Å²) < 4.78 is 102. The highest BCUT2D eigenvalue weighted by Gasteiger charge is 2.73. The zero-order valence-electron chi connectivity index (χ0n) is 16.6. The van der Waals surface area contributed by atoms with Gasteiger partial charge in [0.15, 0.2) is 0 Å². The van der Waals surface area contributed by atoms with Crippen molar-refractivity contribution in [3.8, 4) is 0 Å². The lowest BCUT2D eigenvalue weighted by Gasteiger charge is -2.46. The van der Waals surface area contributed by atoms with Crippen molar-refractivity contribution in [3.63, 3.8) is 0 Å². The predicted octanol–water partition coefficient (Wildman–Crippen LogP) is 5.15. The molecule has 0 heterocycles. The summed E-state index contributed by atoms with van der Waals surface area (Å²) in [5.41, 5.74) is -4.36. The van der Waals surface area contributed by atoms with Gasteiger partial charge in [-0.25, -0.2) is 0 Å². The molecule has 0 N–H and O–H groups in total. The summed E-state index contributed by atoms with van der Waals surface area (Å²) in [6.07, 6.45) is -11.0. The van der Waals surface area contributed by atoms with Gasteiger partial charge in [-0.05, 0) is 78.9 Å². The van der Waals surface area contributed by atoms with Crippen molar-refractivity contribution in [1.82, 2.24) is 0 Å². The van der Waals surface area contributed by atoms with Crippen molar-refractivity contribution < 1.29 is 33.7 Å². The predicted molar refractivity (Wildman–Crippen MR) is 82.9 cm³/mol. The summed E-state index contributed by atoms with van der Waals surface area (Å²) in [7, 11) is 4.61. The molecule has 4 saturated carbocycles. The molecule has 146 valence electrons. The molecule has 26 heavy (non-hydrogen) atoms. The van der Waals surface area contributed by atoms with Gasteiger partial charge >= 0.3 is 12.4 Å². The van der Waals surface area contributed by atoms with Crippen LogP contribution in [0.5, 0.6) is 0 Å². The molecule has 4 aliphatic rings. The summed E-state index contributed by atoms with van der Waals surface area (Å²) in [5.74, 6) is -3.19. The SMILES string of the molecule is [2H]C1(C)C2CC(C3C4CC(CC4CC(O[B])(C(F)(F)F)C(F)(F)F)C32)C1([2H])C. The second kappa shape index (κ2) is 5.57. The van der Waals surface area contributed by atoms with Crippen LogP contribution in [0.1, 0.15) is 42.3 Å². The van der Waals surface area contributed by atoms with Crippen molar-refractivity contribution in [2.45, 2.75) is 57.5 Å². The zero-order valence-corrected chi connectivity index (χ0v) is 14.6. The summed E-state index contributed by atoms with van der Waals surface area (Å²) in [4.78, 5) is 0. The fourth-order valence-corrected chi connectivity index (χ4v) is 7.03. The van der Waals surface area contributed by atoms with Gasteiger partial charge in [-0.1, -0.05) is 13.8 Å². The number of alkyl halides is 6. The van der Waals surface area contributed by atoms with E-state index in [0.717, 1.165) is 0 Å². The largest absolute Gasteiger partial charge is 0.429 e. The van der Waals surface area contributed by atoms with Crippen LogP contribution in [0.3, 0.4) is 0 Å². The van der Waals surface area contributed by atoms with E-state index < -0.39 is 42.1 Å². The first-order valence-corrected chi connectivity index (χ1v) is 9.11. The highest BCUT2D eigenvalue weighted by Crippen LogP contribution is 2.72. The maximum Gasteiger partial charge on any atom is 0.424 e. The topological polar surface area (TPSA) is 9.23 Å².